The minimum Gasteiger partial charge on any atom is -0.462 e. The molecule has 0 amide bonds. The molecule has 0 saturated carbocycles. The Balaban J connectivity index is 1.57. The van der Waals surface area contributed by atoms with E-state index in [-0.39, 0.29) is 17.0 Å². The molecule has 7 unspecified atom stereocenters. The van der Waals surface area contributed by atoms with Gasteiger partial charge in [-0.05, 0) is 11.8 Å². The number of halogens is 1. The minimum atomic E-state index is -5.85. The Morgan fingerprint density at radius 1 is 1.09 bits per heavy atom. The number of rotatable bonds is 15. The van der Waals surface area contributed by atoms with Gasteiger partial charge in [-0.1, -0.05) is 12.7 Å². The van der Waals surface area contributed by atoms with E-state index in [0.29, 0.717) is 0 Å². The van der Waals surface area contributed by atoms with Crippen LogP contribution in [0, 0.1) is 0 Å². The number of alkyl halides is 1. The zero-order chi connectivity index (χ0) is 41.3. The number of nitrogens with zero attached hydrogens (tertiary/aromatic N) is 4. The molecule has 4 heterocycles. The van der Waals surface area contributed by atoms with Crippen LogP contribution in [0.5, 0.6) is 0 Å². The molecular formula is C27H36FN5O19P2S. The average molecular weight is 848 g/mol. The Bertz CT molecular complexity index is 1910. The van der Waals surface area contributed by atoms with Crippen LogP contribution in [0.15, 0.2) is 25.3 Å². The Morgan fingerprint density at radius 2 is 1.73 bits per heavy atom. The van der Waals surface area contributed by atoms with Crippen molar-refractivity contribution in [3.05, 3.63) is 25.3 Å². The molecule has 2 aliphatic heterocycles. The lowest BCUT2D eigenvalue weighted by atomic mass is 9.93. The normalized spacial score (nSPS) is 32.1. The first-order valence-electron chi connectivity index (χ1n) is 15.5. The number of ether oxygens (including phenoxy) is 6. The number of esters is 4. The third-order valence-electron chi connectivity index (χ3n) is 7.68. The molecule has 12 atom stereocenters. The second kappa shape index (κ2) is 16.9. The quantitative estimate of drug-likeness (QED) is 0.0524. The predicted octanol–water partition coefficient (Wildman–Crippen LogP) is -1.31. The second-order valence-corrected chi connectivity index (χ2v) is 16.2. The number of imidazole rings is 1. The summed E-state index contributed by atoms with van der Waals surface area (Å²) in [6.45, 7) is -0.462. The molecule has 306 valence electrons. The van der Waals surface area contributed by atoms with E-state index < -0.39 is 112 Å². The Hall–Kier alpha value is -3.62. The number of nitrogen functional groups attached to an aromatic ring is 1. The zero-order valence-corrected chi connectivity index (χ0v) is 31.6. The number of aromatic nitrogens is 4. The van der Waals surface area contributed by atoms with Crippen molar-refractivity contribution in [1.82, 2.24) is 19.5 Å². The molecule has 7 N–H and O–H groups in total. The van der Waals surface area contributed by atoms with E-state index in [0.717, 1.165) is 51.0 Å². The Labute approximate surface area is 314 Å². The molecule has 0 aromatic carbocycles. The van der Waals surface area contributed by atoms with Crippen molar-refractivity contribution < 1.29 is 95.0 Å². The van der Waals surface area contributed by atoms with Crippen LogP contribution in [-0.2, 0) is 77.3 Å². The number of phosphoric acid groups is 1. The SMILES string of the molecule is C=C[C@]1(O)[C@H](n2cnc3c(N)ncnc32)O[C@](F)(COP(O)(=S)OP(=O)(O)OC2OC([C@H](COC(C)=O)OC(C)=O)C(OC(C)=O)C(O)C2OC(C)=O)[C@H]1O. The fourth-order valence-electron chi connectivity index (χ4n) is 5.44. The van der Waals surface area contributed by atoms with Crippen molar-refractivity contribution in [2.75, 3.05) is 18.9 Å². The monoisotopic (exact) mass is 847 g/mol. The van der Waals surface area contributed by atoms with Gasteiger partial charge < -0.3 is 63.8 Å². The van der Waals surface area contributed by atoms with Gasteiger partial charge in [0.05, 0.1) is 6.33 Å². The molecule has 2 aliphatic rings. The highest BCUT2D eigenvalue weighted by Crippen LogP contribution is 2.62. The molecular weight excluding hydrogens is 811 g/mol. The molecule has 28 heteroatoms. The maximum absolute atomic E-state index is 16.3. The van der Waals surface area contributed by atoms with Gasteiger partial charge in [-0.15, -0.1) is 0 Å². The van der Waals surface area contributed by atoms with Gasteiger partial charge in [-0.25, -0.2) is 28.2 Å². The third-order valence-corrected chi connectivity index (χ3v) is 11.2. The lowest BCUT2D eigenvalue weighted by molar-refractivity contribution is -0.299. The molecule has 2 fully saturated rings. The fourth-order valence-corrected chi connectivity index (χ4v) is 8.51. The summed E-state index contributed by atoms with van der Waals surface area (Å²) < 4.78 is 75.9. The molecule has 2 aromatic heterocycles. The number of anilines is 1. The van der Waals surface area contributed by atoms with Crippen molar-refractivity contribution in [3.63, 3.8) is 0 Å². The fraction of sp³-hybridized carbons (Fsp3) is 0.593. The van der Waals surface area contributed by atoms with Crippen LogP contribution < -0.4 is 5.73 Å². The number of carbonyl (C=O) groups excluding carboxylic acids is 4. The lowest BCUT2D eigenvalue weighted by Crippen LogP contribution is -2.64. The summed E-state index contributed by atoms with van der Waals surface area (Å²) in [7, 11) is -5.85. The van der Waals surface area contributed by atoms with E-state index in [1.165, 1.54) is 0 Å². The van der Waals surface area contributed by atoms with Crippen molar-refractivity contribution in [1.29, 1.82) is 0 Å². The zero-order valence-electron chi connectivity index (χ0n) is 29.0. The first kappa shape index (κ1) is 44.1. The second-order valence-electron chi connectivity index (χ2n) is 11.8. The molecule has 55 heavy (non-hydrogen) atoms. The van der Waals surface area contributed by atoms with Gasteiger partial charge in [0, 0.05) is 27.7 Å². The largest absolute Gasteiger partial charge is 0.481 e. The van der Waals surface area contributed by atoms with Gasteiger partial charge in [-0.2, -0.15) is 0 Å². The summed E-state index contributed by atoms with van der Waals surface area (Å²) in [5.41, 5.74) is 3.08. The van der Waals surface area contributed by atoms with Crippen LogP contribution in [0.3, 0.4) is 0 Å². The van der Waals surface area contributed by atoms with Crippen molar-refractivity contribution in [2.45, 2.75) is 88.3 Å². The molecule has 0 radical (unpaired) electrons. The average Bonchev–Trinajstić information content (AvgIpc) is 3.58. The van der Waals surface area contributed by atoms with Gasteiger partial charge in [-0.3, -0.25) is 28.3 Å². The van der Waals surface area contributed by atoms with Crippen molar-refractivity contribution in [2.24, 2.45) is 0 Å². The summed E-state index contributed by atoms with van der Waals surface area (Å²) in [5.74, 6) is -7.62. The number of aliphatic hydroxyl groups excluding tert-OH is 2. The molecule has 2 aromatic rings. The number of phosphoric ester groups is 1. The standard InChI is InChI=1S/C27H36FN5O19P2S/c1-6-26(40)24(39)27(28,50-25(26)33-10-32-16-21(29)30-9-31-22(16)33)8-45-54(43,55)52-53(41,42)51-23-20(48-14(5)37)17(38)19(47-13(4)36)18(49-23)15(46-12(3)35)7-44-11(2)34/h6,9-10,15,17-20,23-25,38-40H,1,7-8H2,2-5H3,(H,41,42)(H,43,55)(H2,29,30,31)/t15-,17?,18?,19?,20?,23?,24-,25+,26+,27+,54?/m0/s1. The highest BCUT2D eigenvalue weighted by molar-refractivity contribution is 8.08. The number of carbonyl (C=O) groups is 4. The highest BCUT2D eigenvalue weighted by Gasteiger charge is 2.65. The van der Waals surface area contributed by atoms with Crippen LogP contribution in [0.4, 0.5) is 10.2 Å². The first-order chi connectivity index (χ1) is 25.4. The molecule has 0 bridgehead atoms. The van der Waals surface area contributed by atoms with E-state index >= 15 is 4.39 Å². The smallest absolute Gasteiger partial charge is 0.462 e. The Kier molecular flexibility index (Phi) is 13.5. The summed E-state index contributed by atoms with van der Waals surface area (Å²) >= 11 is 4.75. The van der Waals surface area contributed by atoms with E-state index in [2.05, 4.69) is 25.8 Å². The third kappa shape index (κ3) is 10.0. The van der Waals surface area contributed by atoms with E-state index in [4.69, 9.17) is 55.0 Å². The number of hydrogen-bond donors (Lipinski definition) is 6. The van der Waals surface area contributed by atoms with Gasteiger partial charge in [0.1, 0.15) is 37.3 Å². The molecule has 0 aliphatic carbocycles. The van der Waals surface area contributed by atoms with E-state index in [9.17, 15) is 48.8 Å². The topological polar surface area (TPSA) is 339 Å². The minimum absolute atomic E-state index is 0.0162. The van der Waals surface area contributed by atoms with Gasteiger partial charge in [0.2, 0.25) is 6.29 Å². The van der Waals surface area contributed by atoms with E-state index in [1.54, 1.807) is 0 Å². The molecule has 24 nitrogen and oxygen atoms in total. The Morgan fingerprint density at radius 3 is 2.31 bits per heavy atom. The summed E-state index contributed by atoms with van der Waals surface area (Å²) in [6.07, 6.45) is -13.8. The van der Waals surface area contributed by atoms with Crippen LogP contribution in [-0.4, -0.2) is 136 Å². The molecule has 4 rings (SSSR count). The maximum atomic E-state index is 16.3. The van der Waals surface area contributed by atoms with E-state index in [1.807, 2.05) is 0 Å². The van der Waals surface area contributed by atoms with Crippen molar-refractivity contribution >= 4 is 67.2 Å². The number of aliphatic hydroxyl groups is 3. The highest BCUT2D eigenvalue weighted by atomic mass is 32.5. The lowest BCUT2D eigenvalue weighted by Gasteiger charge is -2.44. The van der Waals surface area contributed by atoms with Crippen LogP contribution in [0.1, 0.15) is 33.9 Å². The number of fused-ring (bicyclic) bond motifs is 1. The van der Waals surface area contributed by atoms with Crippen LogP contribution >= 0.6 is 14.5 Å². The van der Waals surface area contributed by atoms with Gasteiger partial charge in [0.15, 0.2) is 47.7 Å². The van der Waals surface area contributed by atoms with Gasteiger partial charge >= 0.3 is 38.4 Å². The molecule has 2 saturated heterocycles. The predicted molar refractivity (Wildman–Crippen MR) is 177 cm³/mol. The summed E-state index contributed by atoms with van der Waals surface area (Å²) in [6, 6.07) is 0. The van der Waals surface area contributed by atoms with Crippen LogP contribution in [0.25, 0.3) is 11.2 Å². The molecule has 0 spiro atoms. The van der Waals surface area contributed by atoms with Gasteiger partial charge in [0.25, 0.3) is 5.85 Å². The number of hydrogen-bond acceptors (Lipinski definition) is 22. The first-order valence-corrected chi connectivity index (χ1v) is 19.5. The summed E-state index contributed by atoms with van der Waals surface area (Å²) in [4.78, 5) is 80.4. The van der Waals surface area contributed by atoms with Crippen molar-refractivity contribution in [3.8, 4) is 0 Å². The summed E-state index contributed by atoms with van der Waals surface area (Å²) in [5, 5.41) is 33.2. The maximum Gasteiger partial charge on any atom is 0.481 e. The van der Waals surface area contributed by atoms with Crippen LogP contribution in [0.2, 0.25) is 0 Å². The number of nitrogens with two attached hydrogens (primary N) is 1.